The largest absolute Gasteiger partial charge is 0.478 e. The Kier molecular flexibility index (Phi) is 3.07. The van der Waals surface area contributed by atoms with E-state index in [-0.39, 0.29) is 12.1 Å². The molecule has 1 aromatic rings. The first-order valence-electron chi connectivity index (χ1n) is 3.76. The van der Waals surface area contributed by atoms with E-state index in [0.29, 0.717) is 5.56 Å². The average molecular weight is 175 g/mol. The monoisotopic (exact) mass is 175 g/mol. The van der Waals surface area contributed by atoms with Crippen LogP contribution in [0.15, 0.2) is 24.3 Å². The fourth-order valence-electron chi connectivity index (χ4n) is 0.883. The van der Waals surface area contributed by atoms with E-state index in [9.17, 15) is 4.79 Å². The van der Waals surface area contributed by atoms with Crippen LogP contribution in [0.1, 0.15) is 15.9 Å². The second-order valence-corrected chi connectivity index (χ2v) is 2.39. The molecule has 0 aromatic heterocycles. The van der Waals surface area contributed by atoms with Crippen molar-refractivity contribution in [2.24, 2.45) is 5.73 Å². The Morgan fingerprint density at radius 2 is 2.31 bits per heavy atom. The first-order valence-corrected chi connectivity index (χ1v) is 3.76. The van der Waals surface area contributed by atoms with E-state index in [1.807, 2.05) is 0 Å². The van der Waals surface area contributed by atoms with E-state index in [0.717, 1.165) is 0 Å². The minimum Gasteiger partial charge on any atom is -0.478 e. The molecule has 0 fully saturated rings. The predicted molar refractivity (Wildman–Crippen MR) is 49.3 cm³/mol. The molecule has 0 aliphatic carbocycles. The van der Waals surface area contributed by atoms with Crippen molar-refractivity contribution in [2.45, 2.75) is 0 Å². The molecule has 0 unspecified atom stereocenters. The minimum atomic E-state index is -0.948. The lowest BCUT2D eigenvalue weighted by atomic mass is 10.1. The number of hydrogen-bond acceptors (Lipinski definition) is 2. The lowest BCUT2D eigenvalue weighted by Gasteiger charge is -1.93. The number of nitrogens with two attached hydrogens (primary N) is 1. The summed E-state index contributed by atoms with van der Waals surface area (Å²) in [4.78, 5) is 10.6. The number of carboxylic acids is 1. The van der Waals surface area contributed by atoms with Gasteiger partial charge in [-0.1, -0.05) is 17.9 Å². The molecule has 3 N–H and O–H groups in total. The van der Waals surface area contributed by atoms with E-state index in [2.05, 4.69) is 11.8 Å². The van der Waals surface area contributed by atoms with Gasteiger partial charge in [-0.25, -0.2) is 4.79 Å². The molecule has 1 aromatic carbocycles. The molecular formula is C10H9NO2. The molecule has 3 heteroatoms. The summed E-state index contributed by atoms with van der Waals surface area (Å²) in [6, 6.07) is 6.44. The van der Waals surface area contributed by atoms with Gasteiger partial charge >= 0.3 is 5.97 Å². The summed E-state index contributed by atoms with van der Waals surface area (Å²) >= 11 is 0. The van der Waals surface area contributed by atoms with Crippen LogP contribution in [0.25, 0.3) is 0 Å². The predicted octanol–water partition coefficient (Wildman–Crippen LogP) is 0.695. The van der Waals surface area contributed by atoms with E-state index in [1.54, 1.807) is 12.1 Å². The van der Waals surface area contributed by atoms with Gasteiger partial charge < -0.3 is 10.8 Å². The van der Waals surface area contributed by atoms with Crippen molar-refractivity contribution < 1.29 is 9.90 Å². The fraction of sp³-hybridized carbons (Fsp3) is 0.100. The molecule has 0 atom stereocenters. The maximum absolute atomic E-state index is 10.6. The molecule has 66 valence electrons. The van der Waals surface area contributed by atoms with Crippen LogP contribution in [0.2, 0.25) is 0 Å². The number of carbonyl (C=O) groups is 1. The molecule has 0 radical (unpaired) electrons. The Morgan fingerprint density at radius 3 is 2.92 bits per heavy atom. The molecule has 0 aliphatic heterocycles. The van der Waals surface area contributed by atoms with Crippen LogP contribution in [0.3, 0.4) is 0 Å². The minimum absolute atomic E-state index is 0.240. The van der Waals surface area contributed by atoms with Crippen LogP contribution in [-0.2, 0) is 0 Å². The lowest BCUT2D eigenvalue weighted by Crippen LogP contribution is -1.96. The van der Waals surface area contributed by atoms with Crippen molar-refractivity contribution in [2.75, 3.05) is 6.54 Å². The second kappa shape index (κ2) is 4.29. The van der Waals surface area contributed by atoms with Crippen molar-refractivity contribution in [3.8, 4) is 11.8 Å². The summed E-state index contributed by atoms with van der Waals surface area (Å²) < 4.78 is 0. The fourth-order valence-corrected chi connectivity index (χ4v) is 0.883. The summed E-state index contributed by atoms with van der Waals surface area (Å²) in [5.41, 5.74) is 6.10. The van der Waals surface area contributed by atoms with E-state index >= 15 is 0 Å². The van der Waals surface area contributed by atoms with Crippen LogP contribution in [0.4, 0.5) is 0 Å². The van der Waals surface area contributed by atoms with Crippen LogP contribution in [-0.4, -0.2) is 17.6 Å². The zero-order valence-electron chi connectivity index (χ0n) is 6.95. The highest BCUT2D eigenvalue weighted by atomic mass is 16.4. The third-order valence-corrected chi connectivity index (χ3v) is 1.44. The van der Waals surface area contributed by atoms with Crippen molar-refractivity contribution in [3.05, 3.63) is 35.4 Å². The Bertz CT molecular complexity index is 374. The van der Waals surface area contributed by atoms with Crippen molar-refractivity contribution >= 4 is 5.97 Å². The maximum Gasteiger partial charge on any atom is 0.335 e. The Labute approximate surface area is 76.2 Å². The Morgan fingerprint density at radius 1 is 1.54 bits per heavy atom. The highest BCUT2D eigenvalue weighted by molar-refractivity contribution is 5.87. The van der Waals surface area contributed by atoms with Crippen LogP contribution in [0, 0.1) is 11.8 Å². The van der Waals surface area contributed by atoms with Gasteiger partial charge in [0, 0.05) is 5.56 Å². The highest BCUT2D eigenvalue weighted by Gasteiger charge is 2.00. The molecule has 0 saturated carbocycles. The lowest BCUT2D eigenvalue weighted by molar-refractivity contribution is 0.0697. The van der Waals surface area contributed by atoms with Gasteiger partial charge in [-0.15, -0.1) is 0 Å². The third kappa shape index (κ3) is 2.62. The zero-order valence-corrected chi connectivity index (χ0v) is 6.95. The van der Waals surface area contributed by atoms with Gasteiger partial charge in [0.25, 0.3) is 0 Å². The van der Waals surface area contributed by atoms with E-state index in [4.69, 9.17) is 10.8 Å². The maximum atomic E-state index is 10.6. The topological polar surface area (TPSA) is 63.3 Å². The smallest absolute Gasteiger partial charge is 0.335 e. The van der Waals surface area contributed by atoms with Gasteiger partial charge in [-0.2, -0.15) is 0 Å². The Balaban J connectivity index is 2.98. The zero-order chi connectivity index (χ0) is 9.68. The Hall–Kier alpha value is -1.79. The molecule has 0 aliphatic rings. The summed E-state index contributed by atoms with van der Waals surface area (Å²) in [6.45, 7) is 0.275. The summed E-state index contributed by atoms with van der Waals surface area (Å²) in [5, 5.41) is 8.66. The number of aromatic carboxylic acids is 1. The molecule has 1 rings (SSSR count). The summed E-state index contributed by atoms with van der Waals surface area (Å²) in [6.07, 6.45) is 0. The molecule has 0 amide bonds. The molecule has 0 bridgehead atoms. The van der Waals surface area contributed by atoms with Crippen LogP contribution >= 0.6 is 0 Å². The molecule has 3 nitrogen and oxygen atoms in total. The van der Waals surface area contributed by atoms with Gasteiger partial charge in [0.05, 0.1) is 12.1 Å². The molecular weight excluding hydrogens is 166 g/mol. The van der Waals surface area contributed by atoms with Gasteiger partial charge in [-0.05, 0) is 18.2 Å². The number of benzene rings is 1. The van der Waals surface area contributed by atoms with Crippen LogP contribution < -0.4 is 5.73 Å². The summed E-state index contributed by atoms with van der Waals surface area (Å²) in [7, 11) is 0. The standard InChI is InChI=1S/C10H9NO2/c11-6-2-4-8-3-1-5-9(7-8)10(12)13/h1,3,5,7H,6,11H2,(H,12,13). The molecule has 0 saturated heterocycles. The van der Waals surface area contributed by atoms with Crippen molar-refractivity contribution in [1.82, 2.24) is 0 Å². The van der Waals surface area contributed by atoms with E-state index in [1.165, 1.54) is 12.1 Å². The normalized spacial score (nSPS) is 8.69. The van der Waals surface area contributed by atoms with Crippen LogP contribution in [0.5, 0.6) is 0 Å². The molecule has 0 heterocycles. The molecule has 0 spiro atoms. The number of rotatable bonds is 1. The van der Waals surface area contributed by atoms with Gasteiger partial charge in [0.1, 0.15) is 0 Å². The van der Waals surface area contributed by atoms with Gasteiger partial charge in [0.15, 0.2) is 0 Å². The average Bonchev–Trinajstić information content (AvgIpc) is 2.15. The first-order chi connectivity index (χ1) is 6.24. The molecule has 13 heavy (non-hydrogen) atoms. The van der Waals surface area contributed by atoms with Crippen molar-refractivity contribution in [1.29, 1.82) is 0 Å². The van der Waals surface area contributed by atoms with E-state index < -0.39 is 5.97 Å². The summed E-state index contributed by atoms with van der Waals surface area (Å²) in [5.74, 6) is 4.47. The van der Waals surface area contributed by atoms with Gasteiger partial charge in [-0.3, -0.25) is 0 Å². The number of carboxylic acid groups (broad SMARTS) is 1. The quantitative estimate of drug-likeness (QED) is 0.617. The highest BCUT2D eigenvalue weighted by Crippen LogP contribution is 2.03. The number of hydrogen-bond donors (Lipinski definition) is 2. The van der Waals surface area contributed by atoms with Crippen molar-refractivity contribution in [3.63, 3.8) is 0 Å². The third-order valence-electron chi connectivity index (χ3n) is 1.44. The second-order valence-electron chi connectivity index (χ2n) is 2.39. The van der Waals surface area contributed by atoms with Gasteiger partial charge in [0.2, 0.25) is 0 Å². The first kappa shape index (κ1) is 9.30. The SMILES string of the molecule is NCC#Cc1cccc(C(=O)O)c1.